The molecule has 0 radical (unpaired) electrons. The van der Waals surface area contributed by atoms with Gasteiger partial charge in [0.15, 0.2) is 0 Å². The lowest BCUT2D eigenvalue weighted by atomic mass is 10.1. The number of hydrogen-bond acceptors (Lipinski definition) is 2. The summed E-state index contributed by atoms with van der Waals surface area (Å²) < 4.78 is 0. The van der Waals surface area contributed by atoms with Crippen molar-refractivity contribution in [1.29, 1.82) is 5.26 Å². The second-order valence-electron chi connectivity index (χ2n) is 4.87. The molecule has 2 amide bonds. The molecule has 0 saturated heterocycles. The lowest BCUT2D eigenvalue weighted by Gasteiger charge is -2.26. The number of nitrogens with zero attached hydrogens (tertiary/aromatic N) is 2. The lowest BCUT2D eigenvalue weighted by molar-refractivity contribution is 0.239. The third-order valence-corrected chi connectivity index (χ3v) is 2.17. The average molecular weight is 231 g/mol. The highest BCUT2D eigenvalue weighted by Gasteiger charge is 2.19. The molecule has 0 spiro atoms. The number of urea groups is 1. The van der Waals surface area contributed by atoms with Gasteiger partial charge in [0.05, 0.1) is 11.3 Å². The molecule has 0 aliphatic carbocycles. The molecular weight excluding hydrogens is 214 g/mol. The van der Waals surface area contributed by atoms with Crippen LogP contribution in [0.2, 0.25) is 0 Å². The summed E-state index contributed by atoms with van der Waals surface area (Å²) in [5.41, 5.74) is 0.795. The van der Waals surface area contributed by atoms with E-state index in [1.807, 2.05) is 20.8 Å². The second-order valence-corrected chi connectivity index (χ2v) is 4.87. The number of hydrogen-bond donors (Lipinski definition) is 1. The Kier molecular flexibility index (Phi) is 3.74. The van der Waals surface area contributed by atoms with E-state index in [9.17, 15) is 4.79 Å². The Morgan fingerprint density at radius 3 is 2.47 bits per heavy atom. The minimum Gasteiger partial charge on any atom is -0.333 e. The predicted octanol–water partition coefficient (Wildman–Crippen LogP) is 2.50. The van der Waals surface area contributed by atoms with E-state index >= 15 is 0 Å². The van der Waals surface area contributed by atoms with Gasteiger partial charge in [-0.3, -0.25) is 4.90 Å². The summed E-state index contributed by atoms with van der Waals surface area (Å²) in [6, 6.07) is 8.87. The number of carbonyl (C=O) groups is 1. The molecule has 0 fully saturated rings. The van der Waals surface area contributed by atoms with Crippen molar-refractivity contribution >= 4 is 11.7 Å². The number of nitrogens with one attached hydrogen (secondary N) is 1. The topological polar surface area (TPSA) is 56.1 Å². The van der Waals surface area contributed by atoms with Crippen LogP contribution in [0.4, 0.5) is 10.5 Å². The molecular formula is C13H17N3O. The molecule has 0 atom stereocenters. The minimum atomic E-state index is -0.299. The number of nitriles is 1. The van der Waals surface area contributed by atoms with Crippen molar-refractivity contribution in [3.05, 3.63) is 29.8 Å². The van der Waals surface area contributed by atoms with Crippen LogP contribution in [0.1, 0.15) is 26.3 Å². The molecule has 0 aromatic heterocycles. The Morgan fingerprint density at radius 2 is 1.94 bits per heavy atom. The van der Waals surface area contributed by atoms with Gasteiger partial charge in [0.2, 0.25) is 0 Å². The fourth-order valence-electron chi connectivity index (χ4n) is 1.37. The summed E-state index contributed by atoms with van der Waals surface area (Å²) in [5.74, 6) is 0. The largest absolute Gasteiger partial charge is 0.333 e. The number of benzene rings is 1. The third kappa shape index (κ3) is 3.49. The quantitative estimate of drug-likeness (QED) is 0.807. The monoisotopic (exact) mass is 231 g/mol. The fourth-order valence-corrected chi connectivity index (χ4v) is 1.37. The van der Waals surface area contributed by atoms with Crippen molar-refractivity contribution in [2.45, 2.75) is 26.3 Å². The van der Waals surface area contributed by atoms with Gasteiger partial charge < -0.3 is 5.32 Å². The second kappa shape index (κ2) is 4.88. The Hall–Kier alpha value is -2.02. The first-order valence-electron chi connectivity index (χ1n) is 5.40. The van der Waals surface area contributed by atoms with Crippen LogP contribution < -0.4 is 10.2 Å². The zero-order valence-corrected chi connectivity index (χ0v) is 10.6. The van der Waals surface area contributed by atoms with Crippen LogP contribution >= 0.6 is 0 Å². The maximum Gasteiger partial charge on any atom is 0.322 e. The van der Waals surface area contributed by atoms with Crippen LogP contribution in [0, 0.1) is 11.3 Å². The van der Waals surface area contributed by atoms with Crippen LogP contribution in [-0.2, 0) is 0 Å². The summed E-state index contributed by atoms with van der Waals surface area (Å²) in [4.78, 5) is 13.4. The highest BCUT2D eigenvalue weighted by molar-refractivity contribution is 5.93. The molecule has 17 heavy (non-hydrogen) atoms. The molecule has 1 N–H and O–H groups in total. The fraction of sp³-hybridized carbons (Fsp3) is 0.385. The number of amides is 2. The van der Waals surface area contributed by atoms with Crippen molar-refractivity contribution in [1.82, 2.24) is 5.32 Å². The normalized spacial score (nSPS) is 10.5. The van der Waals surface area contributed by atoms with Crippen molar-refractivity contribution in [3.8, 4) is 6.07 Å². The van der Waals surface area contributed by atoms with Gasteiger partial charge in [0.25, 0.3) is 0 Å². The molecule has 0 saturated carbocycles. The first-order chi connectivity index (χ1) is 7.85. The average Bonchev–Trinajstić information content (AvgIpc) is 2.25. The first-order valence-corrected chi connectivity index (χ1v) is 5.40. The molecule has 90 valence electrons. The summed E-state index contributed by atoms with van der Waals surface area (Å²) in [5, 5.41) is 11.8. The molecule has 0 bridgehead atoms. The number of para-hydroxylation sites is 1. The maximum atomic E-state index is 11.9. The van der Waals surface area contributed by atoms with Gasteiger partial charge in [0.1, 0.15) is 6.07 Å². The van der Waals surface area contributed by atoms with Crippen LogP contribution in [-0.4, -0.2) is 18.6 Å². The standard InChI is InChI=1S/C13H17N3O/c1-13(2,3)15-12(17)16(4)11-8-6-5-7-10(11)9-14/h5-8H,1-4H3,(H,15,17). The maximum absolute atomic E-state index is 11.9. The molecule has 0 unspecified atom stereocenters. The van der Waals surface area contributed by atoms with E-state index in [2.05, 4.69) is 11.4 Å². The predicted molar refractivity (Wildman–Crippen MR) is 67.8 cm³/mol. The van der Waals surface area contributed by atoms with Crippen molar-refractivity contribution < 1.29 is 4.79 Å². The number of anilines is 1. The first kappa shape index (κ1) is 13.0. The van der Waals surface area contributed by atoms with Crippen LogP contribution in [0.25, 0.3) is 0 Å². The zero-order valence-electron chi connectivity index (χ0n) is 10.6. The Labute approximate surface area is 102 Å². The summed E-state index contributed by atoms with van der Waals surface area (Å²) >= 11 is 0. The van der Waals surface area contributed by atoms with E-state index in [1.54, 1.807) is 31.3 Å². The lowest BCUT2D eigenvalue weighted by Crippen LogP contribution is -2.47. The van der Waals surface area contributed by atoms with E-state index in [4.69, 9.17) is 5.26 Å². The highest BCUT2D eigenvalue weighted by Crippen LogP contribution is 2.18. The Bertz CT molecular complexity index is 454. The van der Waals surface area contributed by atoms with Crippen LogP contribution in [0.5, 0.6) is 0 Å². The van der Waals surface area contributed by atoms with Gasteiger partial charge in [-0.1, -0.05) is 12.1 Å². The molecule has 0 aliphatic rings. The Balaban J connectivity index is 2.94. The van der Waals surface area contributed by atoms with E-state index in [0.717, 1.165) is 0 Å². The number of carbonyl (C=O) groups excluding carboxylic acids is 1. The Morgan fingerprint density at radius 1 is 1.35 bits per heavy atom. The SMILES string of the molecule is CN(C(=O)NC(C)(C)C)c1ccccc1C#N. The molecule has 4 heteroatoms. The highest BCUT2D eigenvalue weighted by atomic mass is 16.2. The summed E-state index contributed by atoms with van der Waals surface area (Å²) in [6.07, 6.45) is 0. The van der Waals surface area contributed by atoms with Gasteiger partial charge in [0, 0.05) is 12.6 Å². The van der Waals surface area contributed by atoms with Crippen LogP contribution in [0.3, 0.4) is 0 Å². The molecule has 0 aliphatic heterocycles. The summed E-state index contributed by atoms with van der Waals surface area (Å²) in [6.45, 7) is 5.73. The van der Waals surface area contributed by atoms with Gasteiger partial charge in [-0.05, 0) is 32.9 Å². The van der Waals surface area contributed by atoms with Gasteiger partial charge in [-0.2, -0.15) is 5.26 Å². The molecule has 0 heterocycles. The summed E-state index contributed by atoms with van der Waals surface area (Å²) in [7, 11) is 1.65. The zero-order chi connectivity index (χ0) is 13.1. The van der Waals surface area contributed by atoms with E-state index in [-0.39, 0.29) is 11.6 Å². The van der Waals surface area contributed by atoms with Crippen LogP contribution in [0.15, 0.2) is 24.3 Å². The van der Waals surface area contributed by atoms with Crippen molar-refractivity contribution in [2.24, 2.45) is 0 Å². The number of rotatable bonds is 1. The molecule has 1 aromatic rings. The van der Waals surface area contributed by atoms with E-state index in [0.29, 0.717) is 11.3 Å². The van der Waals surface area contributed by atoms with E-state index in [1.165, 1.54) is 4.90 Å². The molecule has 1 aromatic carbocycles. The minimum absolute atomic E-state index is 0.222. The molecule has 1 rings (SSSR count). The van der Waals surface area contributed by atoms with Gasteiger partial charge >= 0.3 is 6.03 Å². The molecule has 4 nitrogen and oxygen atoms in total. The van der Waals surface area contributed by atoms with Crippen molar-refractivity contribution in [2.75, 3.05) is 11.9 Å². The third-order valence-electron chi connectivity index (χ3n) is 2.17. The van der Waals surface area contributed by atoms with Gasteiger partial charge in [-0.15, -0.1) is 0 Å². The smallest absolute Gasteiger partial charge is 0.322 e. The van der Waals surface area contributed by atoms with Crippen molar-refractivity contribution in [3.63, 3.8) is 0 Å². The van der Waals surface area contributed by atoms with Gasteiger partial charge in [-0.25, -0.2) is 4.79 Å². The van der Waals surface area contributed by atoms with E-state index < -0.39 is 0 Å².